The van der Waals surface area contributed by atoms with Crippen molar-refractivity contribution < 1.29 is 0 Å². The van der Waals surface area contributed by atoms with Gasteiger partial charge in [0, 0.05) is 17.6 Å². The van der Waals surface area contributed by atoms with Gasteiger partial charge in [0.2, 0.25) is 0 Å². The number of unbranched alkanes of at least 4 members (excludes halogenated alkanes) is 1. The molecule has 0 bridgehead atoms. The van der Waals surface area contributed by atoms with E-state index in [0.29, 0.717) is 5.71 Å². The van der Waals surface area contributed by atoms with Crippen LogP contribution in [0, 0.1) is 12.3 Å². The van der Waals surface area contributed by atoms with Crippen LogP contribution in [-0.4, -0.2) is 10.3 Å². The lowest BCUT2D eigenvalue weighted by Crippen LogP contribution is -1.97. The molecule has 3 aromatic rings. The number of benzene rings is 2. The Morgan fingerprint density at radius 2 is 1.54 bits per heavy atom. The lowest BCUT2D eigenvalue weighted by Gasteiger charge is -2.09. The first-order valence-corrected chi connectivity index (χ1v) is 12.4. The van der Waals surface area contributed by atoms with Gasteiger partial charge >= 0.3 is 0 Å². The molecule has 2 heteroatoms. The van der Waals surface area contributed by atoms with E-state index in [1.54, 1.807) is 0 Å². The van der Waals surface area contributed by atoms with E-state index in [9.17, 15) is 0 Å². The van der Waals surface area contributed by atoms with Gasteiger partial charge in [-0.2, -0.15) is 0 Å². The topological polar surface area (TPSA) is 28.8 Å². The van der Waals surface area contributed by atoms with E-state index in [-0.39, 0.29) is 0 Å². The van der Waals surface area contributed by atoms with Gasteiger partial charge in [0.1, 0.15) is 0 Å². The van der Waals surface area contributed by atoms with Crippen LogP contribution in [0.25, 0.3) is 17.3 Å². The van der Waals surface area contributed by atoms with Crippen molar-refractivity contribution in [2.45, 2.75) is 40.0 Å². The summed E-state index contributed by atoms with van der Waals surface area (Å²) in [5, 5.41) is 8.66. The molecule has 0 aliphatic heterocycles. The van der Waals surface area contributed by atoms with Crippen molar-refractivity contribution in [2.24, 2.45) is 0 Å². The number of hydrogen-bond acceptors (Lipinski definition) is 1. The van der Waals surface area contributed by atoms with Crippen molar-refractivity contribution in [3.05, 3.63) is 138 Å². The fourth-order valence-corrected chi connectivity index (χ4v) is 3.80. The normalized spacial score (nSPS) is 11.7. The Morgan fingerprint density at radius 3 is 2.26 bits per heavy atom. The maximum absolute atomic E-state index is 8.66. The fourth-order valence-electron chi connectivity index (χ4n) is 3.80. The molecular weight excluding hydrogens is 424 g/mol. The molecule has 2 nitrogen and oxygen atoms in total. The van der Waals surface area contributed by atoms with Crippen LogP contribution < -0.4 is 0 Å². The molecule has 0 atom stereocenters. The smallest absolute Gasteiger partial charge is 0.0615 e. The number of aromatic nitrogens is 1. The first-order valence-electron chi connectivity index (χ1n) is 12.4. The predicted octanol–water partition coefficient (Wildman–Crippen LogP) is 9.14. The molecular formula is C33H36N2. The number of hydrogen-bond donors (Lipinski definition) is 1. The van der Waals surface area contributed by atoms with Gasteiger partial charge in [0.25, 0.3) is 0 Å². The molecule has 3 rings (SSSR count). The standard InChI is InChI=1S/C33H36N2/c1-4-6-9-19-31-20-12-17-28(18-13-25-35(31)32-23-21-27(3)22-24-32)30(14-7-5-2)26-33(34)29-15-10-8-11-16-29/h4,6,8-13,15-26,34H,5,7,14H2,1-3H3/b6-4-,17-12?,19-9-,25-13?,28-18?,30-26+,31-20?,34-33?. The van der Waals surface area contributed by atoms with Gasteiger partial charge in [0.15, 0.2) is 0 Å². The summed E-state index contributed by atoms with van der Waals surface area (Å²) in [6.45, 7) is 6.33. The zero-order chi connectivity index (χ0) is 24.9. The maximum Gasteiger partial charge on any atom is 0.0615 e. The molecule has 0 spiro atoms. The quantitative estimate of drug-likeness (QED) is 0.244. The summed E-state index contributed by atoms with van der Waals surface area (Å²) in [5.41, 5.74) is 7.23. The van der Waals surface area contributed by atoms with Crippen molar-refractivity contribution >= 4 is 17.4 Å². The van der Waals surface area contributed by atoms with Crippen LogP contribution in [0.4, 0.5) is 0 Å². The molecule has 0 saturated heterocycles. The summed E-state index contributed by atoms with van der Waals surface area (Å²) in [6, 6.07) is 29.2. The minimum atomic E-state index is 0.543. The van der Waals surface area contributed by atoms with Crippen LogP contribution in [0.5, 0.6) is 0 Å². The zero-order valence-corrected chi connectivity index (χ0v) is 21.1. The first kappa shape index (κ1) is 25.7. The van der Waals surface area contributed by atoms with Gasteiger partial charge in [-0.15, -0.1) is 0 Å². The molecule has 0 saturated carbocycles. The maximum atomic E-state index is 8.66. The van der Waals surface area contributed by atoms with E-state index in [0.717, 1.165) is 41.8 Å². The van der Waals surface area contributed by atoms with E-state index in [1.165, 1.54) is 11.1 Å². The lowest BCUT2D eigenvalue weighted by molar-refractivity contribution is 0.824. The highest BCUT2D eigenvalue weighted by molar-refractivity contribution is 6.10. The van der Waals surface area contributed by atoms with Crippen LogP contribution >= 0.6 is 0 Å². The van der Waals surface area contributed by atoms with Crippen molar-refractivity contribution in [2.75, 3.05) is 0 Å². The third-order valence-electron chi connectivity index (χ3n) is 5.79. The van der Waals surface area contributed by atoms with E-state index < -0.39 is 0 Å². The number of allylic oxidation sites excluding steroid dienone is 5. The van der Waals surface area contributed by atoms with Gasteiger partial charge in [-0.3, -0.25) is 0 Å². The molecule has 2 aromatic carbocycles. The molecule has 0 unspecified atom stereocenters. The van der Waals surface area contributed by atoms with Crippen LogP contribution in [-0.2, 0) is 0 Å². The number of nitrogens with one attached hydrogen (secondary N) is 1. The first-order chi connectivity index (χ1) is 17.1. The summed E-state index contributed by atoms with van der Waals surface area (Å²) in [4.78, 5) is 0. The number of nitrogens with zero attached hydrogens (tertiary/aromatic N) is 1. The van der Waals surface area contributed by atoms with Crippen LogP contribution in [0.2, 0.25) is 0 Å². The van der Waals surface area contributed by atoms with Gasteiger partial charge in [-0.25, -0.2) is 0 Å². The summed E-state index contributed by atoms with van der Waals surface area (Å²) in [5.74, 6) is 0. The third-order valence-corrected chi connectivity index (χ3v) is 5.79. The zero-order valence-electron chi connectivity index (χ0n) is 21.1. The summed E-state index contributed by atoms with van der Waals surface area (Å²) in [7, 11) is 0. The number of rotatable bonds is 9. The van der Waals surface area contributed by atoms with E-state index in [1.807, 2.05) is 55.5 Å². The van der Waals surface area contributed by atoms with Crippen LogP contribution in [0.15, 0.2) is 115 Å². The highest BCUT2D eigenvalue weighted by Gasteiger charge is 2.05. The second-order valence-electron chi connectivity index (χ2n) is 8.56. The molecule has 1 aromatic heterocycles. The molecule has 0 amide bonds. The van der Waals surface area contributed by atoms with E-state index in [4.69, 9.17) is 5.41 Å². The van der Waals surface area contributed by atoms with Gasteiger partial charge in [-0.1, -0.05) is 97.8 Å². The molecule has 35 heavy (non-hydrogen) atoms. The molecule has 178 valence electrons. The Hall–Kier alpha value is -3.91. The Morgan fingerprint density at radius 1 is 0.829 bits per heavy atom. The monoisotopic (exact) mass is 460 g/mol. The Balaban J connectivity index is 2.11. The van der Waals surface area contributed by atoms with Gasteiger partial charge < -0.3 is 9.98 Å². The second-order valence-corrected chi connectivity index (χ2v) is 8.56. The summed E-state index contributed by atoms with van der Waals surface area (Å²) in [6.07, 6.45) is 15.5. The highest BCUT2D eigenvalue weighted by Crippen LogP contribution is 2.22. The molecule has 0 aliphatic carbocycles. The SMILES string of the molecule is C/C=C\C=C/c1cccc(/C(=C/C(=N)c2ccccc2)CCCC)cccn1-c1ccc(C)cc1. The molecule has 0 radical (unpaired) electrons. The van der Waals surface area contributed by atoms with E-state index >= 15 is 0 Å². The lowest BCUT2D eigenvalue weighted by atomic mass is 9.98. The van der Waals surface area contributed by atoms with Crippen molar-refractivity contribution in [3.63, 3.8) is 0 Å². The molecule has 1 heterocycles. The van der Waals surface area contributed by atoms with Crippen LogP contribution in [0.3, 0.4) is 0 Å². The third kappa shape index (κ3) is 7.82. The Kier molecular flexibility index (Phi) is 10.1. The van der Waals surface area contributed by atoms with Crippen molar-refractivity contribution in [1.29, 1.82) is 5.41 Å². The van der Waals surface area contributed by atoms with Gasteiger partial charge in [-0.05, 0) is 79.8 Å². The average molecular weight is 461 g/mol. The Labute approximate surface area is 210 Å². The fraction of sp³-hybridized carbons (Fsp3) is 0.182. The van der Waals surface area contributed by atoms with E-state index in [2.05, 4.69) is 91.4 Å². The Bertz CT molecular complexity index is 1240. The summed E-state index contributed by atoms with van der Waals surface area (Å²) < 4.78 is 2.20. The second kappa shape index (κ2) is 13.7. The summed E-state index contributed by atoms with van der Waals surface area (Å²) >= 11 is 0. The highest BCUT2D eigenvalue weighted by atomic mass is 15.0. The molecule has 0 fully saturated rings. The minimum absolute atomic E-state index is 0.543. The van der Waals surface area contributed by atoms with Gasteiger partial charge in [0.05, 0.1) is 5.71 Å². The largest absolute Gasteiger partial charge is 0.317 e. The van der Waals surface area contributed by atoms with Crippen molar-refractivity contribution in [1.82, 2.24) is 4.57 Å². The molecule has 1 N–H and O–H groups in total. The number of aryl methyl sites for hydroxylation is 1. The van der Waals surface area contributed by atoms with Crippen LogP contribution in [0.1, 0.15) is 55.5 Å². The predicted molar refractivity (Wildman–Crippen MR) is 153 cm³/mol. The average Bonchev–Trinajstić information content (AvgIpc) is 2.98. The van der Waals surface area contributed by atoms with Crippen molar-refractivity contribution in [3.8, 4) is 5.69 Å². The molecule has 0 aliphatic rings. The minimum Gasteiger partial charge on any atom is -0.317 e.